The van der Waals surface area contributed by atoms with E-state index in [4.69, 9.17) is 4.74 Å². The van der Waals surface area contributed by atoms with Crippen LogP contribution >= 0.6 is 0 Å². The Morgan fingerprint density at radius 3 is 2.62 bits per heavy atom. The Labute approximate surface area is 80.1 Å². The van der Waals surface area contributed by atoms with Crippen LogP contribution in [0.15, 0.2) is 0 Å². The van der Waals surface area contributed by atoms with Gasteiger partial charge in [-0.05, 0) is 20.8 Å². The number of ether oxygens (including phenoxy) is 1. The van der Waals surface area contributed by atoms with Gasteiger partial charge >= 0.3 is 6.09 Å². The van der Waals surface area contributed by atoms with E-state index in [1.807, 2.05) is 20.8 Å². The molecule has 1 rings (SSSR count). The normalized spacial score (nSPS) is 17.9. The van der Waals surface area contributed by atoms with Crippen molar-refractivity contribution < 1.29 is 9.53 Å². The number of nitrogens with zero attached hydrogens (tertiary/aromatic N) is 1. The molecule has 1 aliphatic heterocycles. The molecule has 1 heterocycles. The van der Waals surface area contributed by atoms with E-state index in [1.54, 1.807) is 4.90 Å². The van der Waals surface area contributed by atoms with E-state index >= 15 is 0 Å². The van der Waals surface area contributed by atoms with Crippen LogP contribution in [0.2, 0.25) is 0 Å². The fourth-order valence-electron chi connectivity index (χ4n) is 1.26. The lowest BCUT2D eigenvalue weighted by Crippen LogP contribution is -2.39. The lowest BCUT2D eigenvalue weighted by Gasteiger charge is -2.26. The van der Waals surface area contributed by atoms with Crippen molar-refractivity contribution in [3.8, 4) is 0 Å². The van der Waals surface area contributed by atoms with Crippen LogP contribution in [0, 0.1) is 6.42 Å². The molecule has 0 N–H and O–H groups in total. The molecule has 0 aliphatic carbocycles. The van der Waals surface area contributed by atoms with Gasteiger partial charge in [0.05, 0.1) is 12.8 Å². The number of rotatable bonds is 0. The molecule has 1 fully saturated rings. The fraction of sp³-hybridized carbons (Fsp3) is 0.800. The van der Waals surface area contributed by atoms with Crippen LogP contribution in [-0.4, -0.2) is 29.7 Å². The highest BCUT2D eigenvalue weighted by molar-refractivity contribution is 5.68. The molecule has 3 heteroatoms. The van der Waals surface area contributed by atoms with E-state index in [0.717, 1.165) is 25.9 Å². The molecule has 3 nitrogen and oxygen atoms in total. The summed E-state index contributed by atoms with van der Waals surface area (Å²) in [5.74, 6) is 0. The van der Waals surface area contributed by atoms with Gasteiger partial charge in [-0.1, -0.05) is 0 Å². The van der Waals surface area contributed by atoms with Crippen LogP contribution < -0.4 is 0 Å². The average Bonchev–Trinajstić information content (AvgIpc) is 2.03. The highest BCUT2D eigenvalue weighted by atomic mass is 16.6. The zero-order valence-corrected chi connectivity index (χ0v) is 8.67. The predicted molar refractivity (Wildman–Crippen MR) is 51.3 cm³/mol. The summed E-state index contributed by atoms with van der Waals surface area (Å²) in [5, 5.41) is 0. The molecule has 1 saturated heterocycles. The molecule has 0 atom stereocenters. The molecule has 0 aromatic rings. The number of carbonyl (C=O) groups is 1. The maximum absolute atomic E-state index is 11.5. The smallest absolute Gasteiger partial charge is 0.413 e. The van der Waals surface area contributed by atoms with Gasteiger partial charge in [0.1, 0.15) is 5.60 Å². The number of hydrogen-bond donors (Lipinski definition) is 0. The molecule has 0 bridgehead atoms. The third-order valence-corrected chi connectivity index (χ3v) is 1.84. The molecular weight excluding hydrogens is 166 g/mol. The second-order valence-corrected chi connectivity index (χ2v) is 4.36. The van der Waals surface area contributed by atoms with Gasteiger partial charge in [-0.15, -0.1) is 0 Å². The van der Waals surface area contributed by atoms with Crippen molar-refractivity contribution in [2.45, 2.75) is 39.2 Å². The first-order valence-corrected chi connectivity index (χ1v) is 4.78. The quantitative estimate of drug-likeness (QED) is 0.540. The fourth-order valence-corrected chi connectivity index (χ4v) is 1.26. The summed E-state index contributed by atoms with van der Waals surface area (Å²) in [7, 11) is 0. The van der Waals surface area contributed by atoms with Gasteiger partial charge in [0, 0.05) is 13.0 Å². The van der Waals surface area contributed by atoms with E-state index in [2.05, 4.69) is 6.42 Å². The molecule has 0 aromatic carbocycles. The van der Waals surface area contributed by atoms with Crippen LogP contribution in [-0.2, 0) is 4.74 Å². The van der Waals surface area contributed by atoms with Crippen molar-refractivity contribution in [1.82, 2.24) is 4.90 Å². The maximum Gasteiger partial charge on any atom is 0.413 e. The summed E-state index contributed by atoms with van der Waals surface area (Å²) >= 11 is 0. The summed E-state index contributed by atoms with van der Waals surface area (Å²) in [4.78, 5) is 13.2. The lowest BCUT2D eigenvalue weighted by molar-refractivity contribution is 0.0244. The first-order chi connectivity index (χ1) is 5.99. The first-order valence-electron chi connectivity index (χ1n) is 4.78. The largest absolute Gasteiger partial charge is 0.444 e. The Balaban J connectivity index is 2.38. The third-order valence-electron chi connectivity index (χ3n) is 1.84. The Kier molecular flexibility index (Phi) is 3.07. The van der Waals surface area contributed by atoms with Crippen molar-refractivity contribution in [1.29, 1.82) is 0 Å². The second-order valence-electron chi connectivity index (χ2n) is 4.36. The summed E-state index contributed by atoms with van der Waals surface area (Å²) in [5.41, 5.74) is -0.380. The van der Waals surface area contributed by atoms with E-state index in [-0.39, 0.29) is 11.7 Å². The van der Waals surface area contributed by atoms with E-state index in [0.29, 0.717) is 0 Å². The molecular formula is C10H18NO2+. The Hall–Kier alpha value is -0.860. The summed E-state index contributed by atoms with van der Waals surface area (Å²) in [6.07, 6.45) is 4.09. The second kappa shape index (κ2) is 3.90. The van der Waals surface area contributed by atoms with Crippen molar-refractivity contribution in [2.24, 2.45) is 0 Å². The van der Waals surface area contributed by atoms with Gasteiger partial charge in [0.2, 0.25) is 0 Å². The molecule has 0 aromatic heterocycles. The predicted octanol–water partition coefficient (Wildman–Crippen LogP) is 2.22. The van der Waals surface area contributed by atoms with Gasteiger partial charge < -0.3 is 4.74 Å². The SMILES string of the molecule is CC(C)(C)OC(=O)N1C[CH+]CCC1. The van der Waals surface area contributed by atoms with Crippen LogP contribution in [0.5, 0.6) is 0 Å². The lowest BCUT2D eigenvalue weighted by atomic mass is 10.1. The van der Waals surface area contributed by atoms with Crippen LogP contribution in [0.1, 0.15) is 33.6 Å². The summed E-state index contributed by atoms with van der Waals surface area (Å²) < 4.78 is 5.24. The minimum absolute atomic E-state index is 0.191. The van der Waals surface area contributed by atoms with Gasteiger partial charge in [-0.25, -0.2) is 4.79 Å². The first kappa shape index (κ1) is 10.2. The van der Waals surface area contributed by atoms with Gasteiger partial charge in [-0.2, -0.15) is 0 Å². The van der Waals surface area contributed by atoms with E-state index in [1.165, 1.54) is 0 Å². The number of piperidine rings is 1. The molecule has 0 radical (unpaired) electrons. The Morgan fingerprint density at radius 1 is 1.46 bits per heavy atom. The highest BCUT2D eigenvalue weighted by Gasteiger charge is 2.26. The van der Waals surface area contributed by atoms with Gasteiger partial charge in [-0.3, -0.25) is 4.90 Å². The molecule has 0 unspecified atom stereocenters. The molecule has 0 saturated carbocycles. The number of amides is 1. The van der Waals surface area contributed by atoms with E-state index < -0.39 is 0 Å². The molecule has 1 amide bonds. The number of likely N-dealkylation sites (tertiary alicyclic amines) is 1. The van der Waals surface area contributed by atoms with Crippen molar-refractivity contribution in [3.63, 3.8) is 0 Å². The van der Waals surface area contributed by atoms with Crippen LogP contribution in [0.25, 0.3) is 0 Å². The zero-order chi connectivity index (χ0) is 9.90. The Morgan fingerprint density at radius 2 is 2.15 bits per heavy atom. The maximum atomic E-state index is 11.5. The minimum Gasteiger partial charge on any atom is -0.444 e. The molecule has 0 spiro atoms. The standard InChI is InChI=1S/C10H18NO2/c1-10(2,3)13-9(12)11-7-5-4-6-8-11/h5H,4,6-8H2,1-3H3/q+1. The van der Waals surface area contributed by atoms with Crippen molar-refractivity contribution >= 4 is 6.09 Å². The topological polar surface area (TPSA) is 29.5 Å². The van der Waals surface area contributed by atoms with Gasteiger partial charge in [0.15, 0.2) is 6.54 Å². The molecule has 13 heavy (non-hydrogen) atoms. The summed E-state index contributed by atoms with van der Waals surface area (Å²) in [6, 6.07) is 0. The van der Waals surface area contributed by atoms with E-state index in [9.17, 15) is 4.79 Å². The van der Waals surface area contributed by atoms with Gasteiger partial charge in [0.25, 0.3) is 0 Å². The summed E-state index contributed by atoms with van der Waals surface area (Å²) in [6.45, 7) is 7.22. The molecule has 74 valence electrons. The van der Waals surface area contributed by atoms with Crippen LogP contribution in [0.4, 0.5) is 4.79 Å². The number of hydrogen-bond acceptors (Lipinski definition) is 2. The Bertz CT molecular complexity index is 178. The van der Waals surface area contributed by atoms with Crippen molar-refractivity contribution in [2.75, 3.05) is 13.1 Å². The third kappa shape index (κ3) is 3.57. The monoisotopic (exact) mass is 184 g/mol. The minimum atomic E-state index is -0.380. The average molecular weight is 184 g/mol. The zero-order valence-electron chi connectivity index (χ0n) is 8.67. The van der Waals surface area contributed by atoms with Crippen molar-refractivity contribution in [3.05, 3.63) is 6.42 Å². The molecule has 1 aliphatic rings. The highest BCUT2D eigenvalue weighted by Crippen LogP contribution is 2.13. The van der Waals surface area contributed by atoms with Crippen LogP contribution in [0.3, 0.4) is 0 Å². The number of carbonyl (C=O) groups excluding carboxylic acids is 1.